The van der Waals surface area contributed by atoms with Crippen molar-refractivity contribution in [3.05, 3.63) is 36.0 Å². The first-order chi connectivity index (χ1) is 9.24. The molecule has 3 rings (SSSR count). The molecule has 1 aromatic heterocycles. The summed E-state index contributed by atoms with van der Waals surface area (Å²) >= 11 is 0. The Labute approximate surface area is 115 Å². The van der Waals surface area contributed by atoms with Crippen molar-refractivity contribution in [2.24, 2.45) is 5.73 Å². The molecule has 102 valence electrons. The zero-order valence-electron chi connectivity index (χ0n) is 11.8. The van der Waals surface area contributed by atoms with Gasteiger partial charge in [-0.05, 0) is 55.3 Å². The summed E-state index contributed by atoms with van der Waals surface area (Å²) in [5.41, 5.74) is 8.63. The molecule has 2 N–H and O–H groups in total. The zero-order valence-corrected chi connectivity index (χ0v) is 11.8. The number of benzene rings is 1. The number of rotatable bonds is 3. The summed E-state index contributed by atoms with van der Waals surface area (Å²) < 4.78 is 2.49. The third kappa shape index (κ3) is 2.69. The summed E-state index contributed by atoms with van der Waals surface area (Å²) in [7, 11) is 0. The molecule has 19 heavy (non-hydrogen) atoms. The van der Waals surface area contributed by atoms with Crippen LogP contribution in [0.25, 0.3) is 10.9 Å². The zero-order chi connectivity index (χ0) is 13.2. The van der Waals surface area contributed by atoms with Gasteiger partial charge in [0.1, 0.15) is 0 Å². The van der Waals surface area contributed by atoms with E-state index < -0.39 is 0 Å². The highest BCUT2D eigenvalue weighted by Gasteiger charge is 2.16. The summed E-state index contributed by atoms with van der Waals surface area (Å²) in [4.78, 5) is 0. The predicted molar refractivity (Wildman–Crippen MR) is 81.4 cm³/mol. The Morgan fingerprint density at radius 1 is 1.21 bits per heavy atom. The van der Waals surface area contributed by atoms with Crippen LogP contribution in [-0.2, 0) is 6.42 Å². The monoisotopic (exact) mass is 256 g/mol. The normalized spacial score (nSPS) is 18.8. The van der Waals surface area contributed by atoms with Crippen LogP contribution in [0.4, 0.5) is 0 Å². The van der Waals surface area contributed by atoms with Crippen LogP contribution in [0.5, 0.6) is 0 Å². The predicted octanol–water partition coefficient (Wildman–Crippen LogP) is 4.04. The van der Waals surface area contributed by atoms with Gasteiger partial charge >= 0.3 is 0 Å². The van der Waals surface area contributed by atoms with Gasteiger partial charge in [0.25, 0.3) is 0 Å². The third-order valence-corrected chi connectivity index (χ3v) is 4.31. The number of hydrogen-bond donors (Lipinski definition) is 1. The van der Waals surface area contributed by atoms with E-state index in [-0.39, 0.29) is 6.04 Å². The molecule has 0 saturated heterocycles. The van der Waals surface area contributed by atoms with E-state index in [0.717, 1.165) is 6.42 Å². The van der Waals surface area contributed by atoms with E-state index >= 15 is 0 Å². The van der Waals surface area contributed by atoms with Crippen LogP contribution < -0.4 is 5.73 Å². The van der Waals surface area contributed by atoms with Gasteiger partial charge in [-0.2, -0.15) is 0 Å². The summed E-state index contributed by atoms with van der Waals surface area (Å²) in [5.74, 6) is 0. The van der Waals surface area contributed by atoms with E-state index in [0.29, 0.717) is 6.04 Å². The molecule has 1 saturated carbocycles. The van der Waals surface area contributed by atoms with Gasteiger partial charge in [-0.3, -0.25) is 0 Å². The third-order valence-electron chi connectivity index (χ3n) is 4.31. The summed E-state index contributed by atoms with van der Waals surface area (Å²) in [6, 6.07) is 10.0. The number of nitrogens with two attached hydrogens (primary N) is 1. The van der Waals surface area contributed by atoms with Gasteiger partial charge in [-0.15, -0.1) is 0 Å². The number of hydrogen-bond acceptors (Lipinski definition) is 1. The molecule has 0 spiro atoms. The van der Waals surface area contributed by atoms with Crippen LogP contribution in [0, 0.1) is 0 Å². The Bertz CT molecular complexity index is 547. The van der Waals surface area contributed by atoms with Gasteiger partial charge in [0.05, 0.1) is 0 Å². The number of aromatic nitrogens is 1. The van der Waals surface area contributed by atoms with Gasteiger partial charge in [0.2, 0.25) is 0 Å². The van der Waals surface area contributed by atoms with Crippen molar-refractivity contribution in [2.75, 3.05) is 0 Å². The summed E-state index contributed by atoms with van der Waals surface area (Å²) in [6.07, 6.45) is 10.1. The number of fused-ring (bicyclic) bond motifs is 1. The molecular weight excluding hydrogens is 232 g/mol. The van der Waals surface area contributed by atoms with Gasteiger partial charge < -0.3 is 10.3 Å². The Morgan fingerprint density at radius 2 is 2.00 bits per heavy atom. The fourth-order valence-corrected chi connectivity index (χ4v) is 3.39. The first-order valence-corrected chi connectivity index (χ1v) is 7.59. The summed E-state index contributed by atoms with van der Waals surface area (Å²) in [6.45, 7) is 2.07. The lowest BCUT2D eigenvalue weighted by molar-refractivity contribution is 0.361. The largest absolute Gasteiger partial charge is 0.344 e. The first kappa shape index (κ1) is 12.7. The van der Waals surface area contributed by atoms with Crippen LogP contribution in [0.1, 0.15) is 50.6 Å². The first-order valence-electron chi connectivity index (χ1n) is 7.59. The summed E-state index contributed by atoms with van der Waals surface area (Å²) in [5, 5.41) is 1.36. The van der Waals surface area contributed by atoms with Gasteiger partial charge in [0, 0.05) is 23.8 Å². The molecule has 1 aliphatic rings. The molecule has 2 aromatic rings. The van der Waals surface area contributed by atoms with E-state index in [1.54, 1.807) is 0 Å². The van der Waals surface area contributed by atoms with Crippen LogP contribution in [0.2, 0.25) is 0 Å². The Morgan fingerprint density at radius 3 is 2.74 bits per heavy atom. The number of nitrogens with zero attached hydrogens (tertiary/aromatic N) is 1. The Kier molecular flexibility index (Phi) is 3.61. The smallest absolute Gasteiger partial charge is 0.0483 e. The lowest BCUT2D eigenvalue weighted by atomic mass is 9.95. The molecule has 2 nitrogen and oxygen atoms in total. The topological polar surface area (TPSA) is 30.9 Å². The van der Waals surface area contributed by atoms with Crippen molar-refractivity contribution < 1.29 is 0 Å². The molecule has 1 aromatic carbocycles. The minimum Gasteiger partial charge on any atom is -0.344 e. The maximum absolute atomic E-state index is 5.89. The molecular formula is C17H24N2. The van der Waals surface area contributed by atoms with Gasteiger partial charge in [-0.25, -0.2) is 0 Å². The van der Waals surface area contributed by atoms with Gasteiger partial charge in [0.15, 0.2) is 0 Å². The second-order valence-corrected chi connectivity index (χ2v) is 6.09. The lowest BCUT2D eigenvalue weighted by Gasteiger charge is -2.24. The fourth-order valence-electron chi connectivity index (χ4n) is 3.39. The average Bonchev–Trinajstić information content (AvgIpc) is 2.82. The molecule has 0 bridgehead atoms. The second kappa shape index (κ2) is 5.38. The molecule has 1 heterocycles. The Hall–Kier alpha value is -1.28. The van der Waals surface area contributed by atoms with E-state index in [1.807, 2.05) is 0 Å². The van der Waals surface area contributed by atoms with Crippen LogP contribution >= 0.6 is 0 Å². The maximum Gasteiger partial charge on any atom is 0.0483 e. The highest BCUT2D eigenvalue weighted by Crippen LogP contribution is 2.31. The van der Waals surface area contributed by atoms with E-state index in [2.05, 4.69) is 42.0 Å². The van der Waals surface area contributed by atoms with E-state index in [9.17, 15) is 0 Å². The van der Waals surface area contributed by atoms with Crippen LogP contribution in [0.15, 0.2) is 30.5 Å². The van der Waals surface area contributed by atoms with Crippen molar-refractivity contribution in [1.29, 1.82) is 0 Å². The molecule has 0 amide bonds. The van der Waals surface area contributed by atoms with Crippen LogP contribution in [0.3, 0.4) is 0 Å². The van der Waals surface area contributed by atoms with Gasteiger partial charge in [-0.1, -0.05) is 25.3 Å². The standard InChI is InChI=1S/C17H24N2/c1-13(18)11-14-7-8-17-15(12-14)9-10-19(17)16-5-3-2-4-6-16/h7-10,12-13,16H,2-6,11,18H2,1H3. The molecule has 1 unspecified atom stereocenters. The lowest BCUT2D eigenvalue weighted by Crippen LogP contribution is -2.17. The van der Waals surface area contributed by atoms with E-state index in [1.165, 1.54) is 48.6 Å². The van der Waals surface area contributed by atoms with Crippen molar-refractivity contribution in [2.45, 2.75) is 57.5 Å². The molecule has 1 atom stereocenters. The molecule has 1 fully saturated rings. The van der Waals surface area contributed by atoms with Crippen LogP contribution in [-0.4, -0.2) is 10.6 Å². The van der Waals surface area contributed by atoms with Crippen molar-refractivity contribution in [3.8, 4) is 0 Å². The van der Waals surface area contributed by atoms with Crippen molar-refractivity contribution in [3.63, 3.8) is 0 Å². The maximum atomic E-state index is 5.89. The SMILES string of the molecule is CC(N)Cc1ccc2c(ccn2C2CCCCC2)c1. The van der Waals surface area contributed by atoms with Crippen molar-refractivity contribution >= 4 is 10.9 Å². The quantitative estimate of drug-likeness (QED) is 0.883. The molecule has 0 aliphatic heterocycles. The minimum atomic E-state index is 0.234. The molecule has 0 radical (unpaired) electrons. The van der Waals surface area contributed by atoms with E-state index in [4.69, 9.17) is 5.73 Å². The Balaban J connectivity index is 1.90. The molecule has 2 heteroatoms. The minimum absolute atomic E-state index is 0.234. The average molecular weight is 256 g/mol. The highest BCUT2D eigenvalue weighted by atomic mass is 15.0. The fraction of sp³-hybridized carbons (Fsp3) is 0.529. The molecule has 1 aliphatic carbocycles. The van der Waals surface area contributed by atoms with Crippen molar-refractivity contribution in [1.82, 2.24) is 4.57 Å². The second-order valence-electron chi connectivity index (χ2n) is 6.09. The highest BCUT2D eigenvalue weighted by molar-refractivity contribution is 5.81.